The molecule has 0 spiro atoms. The highest BCUT2D eigenvalue weighted by Crippen LogP contribution is 2.41. The maximum absolute atomic E-state index is 2.40. The zero-order chi connectivity index (χ0) is 15.2. The summed E-state index contributed by atoms with van der Waals surface area (Å²) in [5.74, 6) is 2.23. The van der Waals surface area contributed by atoms with E-state index in [1.54, 1.807) is 5.56 Å². The predicted molar refractivity (Wildman–Crippen MR) is 95.2 cm³/mol. The lowest BCUT2D eigenvalue weighted by molar-refractivity contribution is 0.286. The lowest BCUT2D eigenvalue weighted by atomic mass is 9.72. The molecular formula is C22H28. The first-order valence-electron chi connectivity index (χ1n) is 8.94. The lowest BCUT2D eigenvalue weighted by Gasteiger charge is -2.32. The Morgan fingerprint density at radius 2 is 1.32 bits per heavy atom. The van der Waals surface area contributed by atoms with Gasteiger partial charge in [-0.05, 0) is 48.1 Å². The number of hydrogen-bond acceptors (Lipinski definition) is 0. The van der Waals surface area contributed by atoms with Gasteiger partial charge in [0, 0.05) is 0 Å². The molecule has 0 N–H and O–H groups in total. The summed E-state index contributed by atoms with van der Waals surface area (Å²) >= 11 is 0. The van der Waals surface area contributed by atoms with Gasteiger partial charge in [-0.1, -0.05) is 86.8 Å². The Hall–Kier alpha value is -1.56. The fourth-order valence-corrected chi connectivity index (χ4v) is 4.14. The molecule has 0 bridgehead atoms. The van der Waals surface area contributed by atoms with E-state index in [4.69, 9.17) is 0 Å². The molecule has 2 aromatic carbocycles. The number of benzene rings is 2. The fourth-order valence-electron chi connectivity index (χ4n) is 4.14. The van der Waals surface area contributed by atoms with E-state index < -0.39 is 0 Å². The molecule has 0 amide bonds. The van der Waals surface area contributed by atoms with E-state index in [1.165, 1.54) is 44.1 Å². The smallest absolute Gasteiger partial charge is 0.0128 e. The summed E-state index contributed by atoms with van der Waals surface area (Å²) in [5.41, 5.74) is 3.04. The normalized spacial score (nSPS) is 18.8. The van der Waals surface area contributed by atoms with Gasteiger partial charge in [-0.15, -0.1) is 0 Å². The Morgan fingerprint density at radius 3 is 1.91 bits per heavy atom. The van der Waals surface area contributed by atoms with E-state index >= 15 is 0 Å². The number of hydrogen-bond donors (Lipinski definition) is 0. The molecule has 22 heavy (non-hydrogen) atoms. The van der Waals surface area contributed by atoms with Crippen molar-refractivity contribution in [3.63, 3.8) is 0 Å². The Balaban J connectivity index is 1.79. The van der Waals surface area contributed by atoms with Gasteiger partial charge in [-0.25, -0.2) is 0 Å². The molecule has 2 aromatic rings. The van der Waals surface area contributed by atoms with Gasteiger partial charge in [0.2, 0.25) is 0 Å². The van der Waals surface area contributed by atoms with Crippen molar-refractivity contribution < 1.29 is 0 Å². The summed E-state index contributed by atoms with van der Waals surface area (Å²) in [6.45, 7) is 2.40. The van der Waals surface area contributed by atoms with E-state index in [-0.39, 0.29) is 0 Å². The second-order valence-corrected chi connectivity index (χ2v) is 6.96. The first kappa shape index (κ1) is 15.3. The van der Waals surface area contributed by atoms with Crippen molar-refractivity contribution in [1.82, 2.24) is 0 Å². The SMILES string of the molecule is CC(CC(c1ccccc1)C1CCCCC1)c1ccccc1. The molecule has 0 heterocycles. The summed E-state index contributed by atoms with van der Waals surface area (Å²) in [4.78, 5) is 0. The minimum absolute atomic E-state index is 0.633. The molecule has 1 aliphatic rings. The zero-order valence-corrected chi connectivity index (χ0v) is 13.7. The number of rotatable bonds is 5. The van der Waals surface area contributed by atoms with Gasteiger partial charge < -0.3 is 0 Å². The molecule has 2 unspecified atom stereocenters. The van der Waals surface area contributed by atoms with E-state index in [0.29, 0.717) is 5.92 Å². The van der Waals surface area contributed by atoms with Crippen LogP contribution in [0.3, 0.4) is 0 Å². The molecule has 2 atom stereocenters. The Labute approximate surface area is 135 Å². The van der Waals surface area contributed by atoms with Crippen molar-refractivity contribution in [2.24, 2.45) is 5.92 Å². The van der Waals surface area contributed by atoms with Crippen molar-refractivity contribution in [3.05, 3.63) is 71.8 Å². The quantitative estimate of drug-likeness (QED) is 0.586. The molecule has 1 fully saturated rings. The monoisotopic (exact) mass is 292 g/mol. The van der Waals surface area contributed by atoms with Gasteiger partial charge in [0.25, 0.3) is 0 Å². The van der Waals surface area contributed by atoms with Crippen LogP contribution in [0, 0.1) is 5.92 Å². The second-order valence-electron chi connectivity index (χ2n) is 6.96. The van der Waals surface area contributed by atoms with Crippen molar-refractivity contribution >= 4 is 0 Å². The third kappa shape index (κ3) is 3.80. The molecule has 0 heteroatoms. The molecule has 0 saturated heterocycles. The summed E-state index contributed by atoms with van der Waals surface area (Å²) in [7, 11) is 0. The highest BCUT2D eigenvalue weighted by molar-refractivity contribution is 5.24. The van der Waals surface area contributed by atoms with Crippen LogP contribution in [0.1, 0.15) is 68.4 Å². The van der Waals surface area contributed by atoms with Crippen LogP contribution >= 0.6 is 0 Å². The van der Waals surface area contributed by atoms with Gasteiger partial charge in [0.1, 0.15) is 0 Å². The minimum Gasteiger partial charge on any atom is -0.0622 e. The van der Waals surface area contributed by atoms with Crippen LogP contribution in [0.5, 0.6) is 0 Å². The van der Waals surface area contributed by atoms with Crippen molar-refractivity contribution in [2.45, 2.75) is 57.3 Å². The molecule has 1 saturated carbocycles. The average Bonchev–Trinajstić information content (AvgIpc) is 2.62. The average molecular weight is 292 g/mol. The maximum atomic E-state index is 2.40. The standard InChI is InChI=1S/C22H28/c1-18(19-11-5-2-6-12-19)17-22(20-13-7-3-8-14-20)21-15-9-4-10-16-21/h2-3,5-8,11-14,18,21-22H,4,9-10,15-17H2,1H3. The van der Waals surface area contributed by atoms with E-state index in [9.17, 15) is 0 Å². The first-order valence-corrected chi connectivity index (χ1v) is 8.94. The van der Waals surface area contributed by atoms with Crippen LogP contribution in [0.2, 0.25) is 0 Å². The lowest BCUT2D eigenvalue weighted by Crippen LogP contribution is -2.18. The summed E-state index contributed by atoms with van der Waals surface area (Å²) in [5, 5.41) is 0. The predicted octanol–water partition coefficient (Wildman–Crippen LogP) is 6.54. The van der Waals surface area contributed by atoms with E-state index in [2.05, 4.69) is 67.6 Å². The molecule has 116 valence electrons. The zero-order valence-electron chi connectivity index (χ0n) is 13.7. The maximum Gasteiger partial charge on any atom is -0.0128 e. The van der Waals surface area contributed by atoms with Gasteiger partial charge in [-0.3, -0.25) is 0 Å². The Bertz CT molecular complexity index is 537. The summed E-state index contributed by atoms with van der Waals surface area (Å²) < 4.78 is 0. The minimum atomic E-state index is 0.633. The van der Waals surface area contributed by atoms with Crippen LogP contribution in [0.15, 0.2) is 60.7 Å². The van der Waals surface area contributed by atoms with Crippen LogP contribution in [-0.2, 0) is 0 Å². The van der Waals surface area contributed by atoms with E-state index in [1.807, 2.05) is 0 Å². The van der Waals surface area contributed by atoms with Crippen molar-refractivity contribution in [2.75, 3.05) is 0 Å². The van der Waals surface area contributed by atoms with Crippen LogP contribution < -0.4 is 0 Å². The van der Waals surface area contributed by atoms with Crippen molar-refractivity contribution in [1.29, 1.82) is 0 Å². The van der Waals surface area contributed by atoms with Crippen molar-refractivity contribution in [3.8, 4) is 0 Å². The molecular weight excluding hydrogens is 264 g/mol. The second kappa shape index (κ2) is 7.63. The fraction of sp³-hybridized carbons (Fsp3) is 0.455. The first-order chi connectivity index (χ1) is 10.8. The Kier molecular flexibility index (Phi) is 5.32. The van der Waals surface area contributed by atoms with Crippen LogP contribution in [0.4, 0.5) is 0 Å². The molecule has 3 rings (SSSR count). The highest BCUT2D eigenvalue weighted by atomic mass is 14.3. The molecule has 0 aromatic heterocycles. The third-order valence-electron chi connectivity index (χ3n) is 5.42. The topological polar surface area (TPSA) is 0 Å². The highest BCUT2D eigenvalue weighted by Gasteiger charge is 2.26. The molecule has 0 radical (unpaired) electrons. The molecule has 1 aliphatic carbocycles. The third-order valence-corrected chi connectivity index (χ3v) is 5.42. The van der Waals surface area contributed by atoms with Gasteiger partial charge in [-0.2, -0.15) is 0 Å². The van der Waals surface area contributed by atoms with Gasteiger partial charge in [0.05, 0.1) is 0 Å². The molecule has 0 nitrogen and oxygen atoms in total. The summed E-state index contributed by atoms with van der Waals surface area (Å²) in [6.07, 6.45) is 8.40. The molecule has 0 aliphatic heterocycles. The van der Waals surface area contributed by atoms with E-state index in [0.717, 1.165) is 11.8 Å². The van der Waals surface area contributed by atoms with Crippen LogP contribution in [-0.4, -0.2) is 0 Å². The largest absolute Gasteiger partial charge is 0.0622 e. The van der Waals surface area contributed by atoms with Gasteiger partial charge in [0.15, 0.2) is 0 Å². The Morgan fingerprint density at radius 1 is 0.773 bits per heavy atom. The summed E-state index contributed by atoms with van der Waals surface area (Å²) in [6, 6.07) is 22.3. The van der Waals surface area contributed by atoms with Gasteiger partial charge >= 0.3 is 0 Å². The van der Waals surface area contributed by atoms with Crippen LogP contribution in [0.25, 0.3) is 0 Å².